The van der Waals surface area contributed by atoms with Gasteiger partial charge in [-0.3, -0.25) is 4.79 Å². The molecule has 0 aromatic heterocycles. The van der Waals surface area contributed by atoms with Crippen LogP contribution in [-0.2, 0) is 16.8 Å². The first-order valence-corrected chi connectivity index (χ1v) is 6.50. The summed E-state index contributed by atoms with van der Waals surface area (Å²) in [6.45, 7) is 1.75. The van der Waals surface area contributed by atoms with Crippen LogP contribution in [0, 0.1) is 0 Å². The molecule has 0 aliphatic carbocycles. The molecule has 19 heavy (non-hydrogen) atoms. The van der Waals surface area contributed by atoms with Crippen LogP contribution in [0.1, 0.15) is 18.1 Å². The Balaban J connectivity index is 2.20. The van der Waals surface area contributed by atoms with Crippen molar-refractivity contribution in [1.82, 2.24) is 0 Å². The highest BCUT2D eigenvalue weighted by Gasteiger charge is 2.29. The third kappa shape index (κ3) is 3.22. The number of nitrogens with two attached hydrogens (primary N) is 1. The lowest BCUT2D eigenvalue weighted by atomic mass is 9.86. The molecule has 0 saturated carbocycles. The van der Waals surface area contributed by atoms with Gasteiger partial charge in [-0.1, -0.05) is 54.1 Å². The summed E-state index contributed by atoms with van der Waals surface area (Å²) in [7, 11) is 0. The van der Waals surface area contributed by atoms with Crippen molar-refractivity contribution in [2.45, 2.75) is 18.9 Å². The molecule has 98 valence electrons. The van der Waals surface area contributed by atoms with Gasteiger partial charge in [0.15, 0.2) is 5.78 Å². The number of hydrogen-bond donors (Lipinski definition) is 1. The fourth-order valence-electron chi connectivity index (χ4n) is 1.96. The number of ketones is 1. The molecule has 0 saturated heterocycles. The van der Waals surface area contributed by atoms with Crippen LogP contribution in [0.5, 0.6) is 0 Å². The molecule has 0 radical (unpaired) electrons. The van der Waals surface area contributed by atoms with Crippen LogP contribution in [0.15, 0.2) is 54.6 Å². The van der Waals surface area contributed by atoms with Crippen molar-refractivity contribution in [3.8, 4) is 0 Å². The van der Waals surface area contributed by atoms with E-state index in [1.54, 1.807) is 19.1 Å². The fraction of sp³-hybridized carbons (Fsp3) is 0.188. The summed E-state index contributed by atoms with van der Waals surface area (Å²) < 4.78 is 0. The van der Waals surface area contributed by atoms with E-state index in [9.17, 15) is 4.79 Å². The number of halogens is 1. The second-order valence-electron chi connectivity index (χ2n) is 4.80. The first-order valence-electron chi connectivity index (χ1n) is 6.12. The van der Waals surface area contributed by atoms with Crippen LogP contribution >= 0.6 is 11.6 Å². The fourth-order valence-corrected chi connectivity index (χ4v) is 2.17. The zero-order chi connectivity index (χ0) is 13.9. The molecule has 0 bridgehead atoms. The number of carbonyl (C=O) groups is 1. The van der Waals surface area contributed by atoms with Crippen LogP contribution in [0.3, 0.4) is 0 Å². The summed E-state index contributed by atoms with van der Waals surface area (Å²) in [4.78, 5) is 12.4. The van der Waals surface area contributed by atoms with E-state index in [1.165, 1.54) is 0 Å². The number of hydrogen-bond acceptors (Lipinski definition) is 2. The largest absolute Gasteiger partial charge is 0.315 e. The molecule has 0 aliphatic heterocycles. The zero-order valence-electron chi connectivity index (χ0n) is 10.8. The van der Waals surface area contributed by atoms with E-state index in [0.29, 0.717) is 5.02 Å². The summed E-state index contributed by atoms with van der Waals surface area (Å²) in [6, 6.07) is 16.7. The maximum atomic E-state index is 12.4. The van der Waals surface area contributed by atoms with E-state index in [-0.39, 0.29) is 12.2 Å². The Hall–Kier alpha value is -1.64. The number of Topliss-reactive ketones (excluding diaryl/α,β-unsaturated/α-hetero) is 1. The molecule has 2 rings (SSSR count). The Labute approximate surface area is 118 Å². The predicted molar refractivity (Wildman–Crippen MR) is 78.1 cm³/mol. The van der Waals surface area contributed by atoms with Gasteiger partial charge in [0.1, 0.15) is 0 Å². The van der Waals surface area contributed by atoms with E-state index in [2.05, 4.69) is 0 Å². The third-order valence-corrected chi connectivity index (χ3v) is 3.44. The molecule has 0 fully saturated rings. The van der Waals surface area contributed by atoms with Gasteiger partial charge in [0.05, 0.1) is 5.54 Å². The quantitative estimate of drug-likeness (QED) is 0.929. The first kappa shape index (κ1) is 13.8. The molecular formula is C16H16ClNO. The van der Waals surface area contributed by atoms with Crippen molar-refractivity contribution in [3.05, 3.63) is 70.7 Å². The van der Waals surface area contributed by atoms with Gasteiger partial charge in [-0.15, -0.1) is 0 Å². The maximum absolute atomic E-state index is 12.4. The lowest BCUT2D eigenvalue weighted by Gasteiger charge is -2.23. The Kier molecular flexibility index (Phi) is 4.03. The number of benzene rings is 2. The second kappa shape index (κ2) is 5.55. The molecule has 3 heteroatoms. The van der Waals surface area contributed by atoms with Crippen molar-refractivity contribution in [2.75, 3.05) is 0 Å². The molecule has 1 unspecified atom stereocenters. The lowest BCUT2D eigenvalue weighted by molar-refractivity contribution is -0.123. The molecule has 0 amide bonds. The average Bonchev–Trinajstić information content (AvgIpc) is 2.39. The van der Waals surface area contributed by atoms with Crippen molar-refractivity contribution < 1.29 is 4.79 Å². The van der Waals surface area contributed by atoms with E-state index in [4.69, 9.17) is 17.3 Å². The van der Waals surface area contributed by atoms with Crippen LogP contribution in [0.25, 0.3) is 0 Å². The summed E-state index contributed by atoms with van der Waals surface area (Å²) in [5.74, 6) is -0.0269. The smallest absolute Gasteiger partial charge is 0.161 e. The van der Waals surface area contributed by atoms with Crippen LogP contribution in [0.2, 0.25) is 5.02 Å². The Morgan fingerprint density at radius 3 is 2.47 bits per heavy atom. The molecule has 2 aromatic rings. The van der Waals surface area contributed by atoms with Crippen LogP contribution in [0.4, 0.5) is 0 Å². The van der Waals surface area contributed by atoms with Crippen molar-refractivity contribution >= 4 is 17.4 Å². The van der Waals surface area contributed by atoms with Gasteiger partial charge in [0.2, 0.25) is 0 Å². The zero-order valence-corrected chi connectivity index (χ0v) is 11.5. The molecular weight excluding hydrogens is 258 g/mol. The maximum Gasteiger partial charge on any atom is 0.161 e. The van der Waals surface area contributed by atoms with E-state index in [0.717, 1.165) is 11.1 Å². The van der Waals surface area contributed by atoms with Crippen molar-refractivity contribution in [2.24, 2.45) is 5.73 Å². The number of rotatable bonds is 4. The predicted octanol–water partition coefficient (Wildman–Crippen LogP) is 3.33. The second-order valence-corrected chi connectivity index (χ2v) is 5.23. The molecule has 2 N–H and O–H groups in total. The topological polar surface area (TPSA) is 43.1 Å². The molecule has 0 spiro atoms. The standard InChI is InChI=1S/C16H16ClNO/c1-16(18,13-7-3-2-4-8-13)15(19)11-12-6-5-9-14(17)10-12/h2-10H,11,18H2,1H3. The summed E-state index contributed by atoms with van der Waals surface area (Å²) in [5, 5.41) is 0.628. The molecule has 1 atom stereocenters. The van der Waals surface area contributed by atoms with Gasteiger partial charge >= 0.3 is 0 Å². The van der Waals surface area contributed by atoms with Gasteiger partial charge in [-0.05, 0) is 30.2 Å². The minimum Gasteiger partial charge on any atom is -0.315 e. The first-order chi connectivity index (χ1) is 9.00. The van der Waals surface area contributed by atoms with Crippen molar-refractivity contribution in [1.29, 1.82) is 0 Å². The summed E-state index contributed by atoms with van der Waals surface area (Å²) >= 11 is 5.92. The van der Waals surface area contributed by atoms with Gasteiger partial charge in [0.25, 0.3) is 0 Å². The average molecular weight is 274 g/mol. The highest BCUT2D eigenvalue weighted by atomic mass is 35.5. The van der Waals surface area contributed by atoms with E-state index >= 15 is 0 Å². The minimum absolute atomic E-state index is 0.0269. The van der Waals surface area contributed by atoms with Crippen molar-refractivity contribution in [3.63, 3.8) is 0 Å². The van der Waals surface area contributed by atoms with Gasteiger partial charge < -0.3 is 5.73 Å². The Morgan fingerprint density at radius 1 is 1.16 bits per heavy atom. The Morgan fingerprint density at radius 2 is 1.84 bits per heavy atom. The molecule has 2 nitrogen and oxygen atoms in total. The minimum atomic E-state index is -0.983. The van der Waals surface area contributed by atoms with E-state index in [1.807, 2.05) is 42.5 Å². The highest BCUT2D eigenvalue weighted by Crippen LogP contribution is 2.21. The van der Waals surface area contributed by atoms with E-state index < -0.39 is 5.54 Å². The van der Waals surface area contributed by atoms with Gasteiger partial charge in [-0.25, -0.2) is 0 Å². The summed E-state index contributed by atoms with van der Waals surface area (Å²) in [5.41, 5.74) is 6.90. The third-order valence-electron chi connectivity index (χ3n) is 3.21. The molecule has 0 heterocycles. The highest BCUT2D eigenvalue weighted by molar-refractivity contribution is 6.30. The van der Waals surface area contributed by atoms with Crippen LogP contribution in [-0.4, -0.2) is 5.78 Å². The lowest BCUT2D eigenvalue weighted by Crippen LogP contribution is -2.42. The number of carbonyl (C=O) groups excluding carboxylic acids is 1. The molecule has 0 aliphatic rings. The SMILES string of the molecule is CC(N)(C(=O)Cc1cccc(Cl)c1)c1ccccc1. The van der Waals surface area contributed by atoms with Gasteiger partial charge in [-0.2, -0.15) is 0 Å². The monoisotopic (exact) mass is 273 g/mol. The Bertz CT molecular complexity index is 578. The molecule has 2 aromatic carbocycles. The van der Waals surface area contributed by atoms with Crippen LogP contribution < -0.4 is 5.73 Å². The van der Waals surface area contributed by atoms with Gasteiger partial charge in [0, 0.05) is 11.4 Å². The normalized spacial score (nSPS) is 13.8. The summed E-state index contributed by atoms with van der Waals surface area (Å²) in [6.07, 6.45) is 0.280.